The van der Waals surface area contributed by atoms with Gasteiger partial charge in [0.1, 0.15) is 0 Å². The van der Waals surface area contributed by atoms with Crippen LogP contribution in [0.1, 0.15) is 19.8 Å². The minimum absolute atomic E-state index is 0.303. The normalized spacial score (nSPS) is 29.9. The Morgan fingerprint density at radius 3 is 2.50 bits per heavy atom. The molecule has 0 radical (unpaired) electrons. The van der Waals surface area contributed by atoms with Gasteiger partial charge in [-0.05, 0) is 45.9 Å². The van der Waals surface area contributed by atoms with E-state index in [0.29, 0.717) is 24.5 Å². The van der Waals surface area contributed by atoms with Crippen molar-refractivity contribution in [2.24, 2.45) is 11.3 Å². The number of likely N-dealkylation sites (tertiary alicyclic amines) is 1. The highest BCUT2D eigenvalue weighted by molar-refractivity contribution is 5.83. The Hall–Kier alpha value is -0.650. The van der Waals surface area contributed by atoms with E-state index in [2.05, 4.69) is 36.1 Å². The van der Waals surface area contributed by atoms with Crippen molar-refractivity contribution in [3.05, 3.63) is 0 Å². The molecule has 0 aromatic carbocycles. The Bertz CT molecular complexity index is 335. The Morgan fingerprint density at radius 1 is 1.35 bits per heavy atom. The molecule has 1 N–H and O–H groups in total. The maximum atomic E-state index is 13.0. The summed E-state index contributed by atoms with van der Waals surface area (Å²) in [6, 6.07) is 0.472. The van der Waals surface area contributed by atoms with Crippen LogP contribution in [0.2, 0.25) is 0 Å². The fourth-order valence-corrected chi connectivity index (χ4v) is 3.72. The van der Waals surface area contributed by atoms with Crippen LogP contribution in [0.5, 0.6) is 0 Å². The maximum Gasteiger partial charge on any atom is 0.231 e. The lowest BCUT2D eigenvalue weighted by Crippen LogP contribution is -2.51. The number of nitrogens with zero attached hydrogens (tertiary/aromatic N) is 2. The van der Waals surface area contributed by atoms with E-state index in [1.54, 1.807) is 7.11 Å². The molecule has 2 heterocycles. The van der Waals surface area contributed by atoms with Crippen molar-refractivity contribution in [3.63, 3.8) is 0 Å². The van der Waals surface area contributed by atoms with Crippen LogP contribution in [-0.2, 0) is 9.53 Å². The standard InChI is InChI=1S/C15H29N3O2/c1-12-9-18(10-13(12)17(2)3)14(19)15(11-20-4)5-7-16-8-6-15/h12-13,16H,5-11H2,1-4H3. The maximum absolute atomic E-state index is 13.0. The van der Waals surface area contributed by atoms with Crippen molar-refractivity contribution in [2.75, 3.05) is 54.0 Å². The van der Waals surface area contributed by atoms with Gasteiger partial charge in [-0.3, -0.25) is 4.79 Å². The van der Waals surface area contributed by atoms with Gasteiger partial charge in [-0.25, -0.2) is 0 Å². The van der Waals surface area contributed by atoms with Gasteiger partial charge in [-0.2, -0.15) is 0 Å². The molecule has 2 aliphatic heterocycles. The zero-order valence-electron chi connectivity index (χ0n) is 13.3. The molecule has 2 unspecified atom stereocenters. The number of carbonyl (C=O) groups excluding carboxylic acids is 1. The van der Waals surface area contributed by atoms with Gasteiger partial charge in [0.05, 0.1) is 12.0 Å². The zero-order valence-corrected chi connectivity index (χ0v) is 13.3. The molecule has 0 bridgehead atoms. The van der Waals surface area contributed by atoms with E-state index in [-0.39, 0.29) is 5.41 Å². The third kappa shape index (κ3) is 3.00. The Morgan fingerprint density at radius 2 is 2.00 bits per heavy atom. The molecule has 116 valence electrons. The lowest BCUT2D eigenvalue weighted by atomic mass is 9.78. The van der Waals surface area contributed by atoms with Gasteiger partial charge in [0.25, 0.3) is 0 Å². The predicted octanol–water partition coefficient (Wildman–Crippen LogP) is 0.411. The first-order valence-electron chi connectivity index (χ1n) is 7.65. The topological polar surface area (TPSA) is 44.8 Å². The van der Waals surface area contributed by atoms with Crippen LogP contribution < -0.4 is 5.32 Å². The molecule has 1 amide bonds. The quantitative estimate of drug-likeness (QED) is 0.812. The van der Waals surface area contributed by atoms with Crippen LogP contribution in [-0.4, -0.2) is 75.7 Å². The van der Waals surface area contributed by atoms with E-state index >= 15 is 0 Å². The number of piperidine rings is 1. The summed E-state index contributed by atoms with van der Waals surface area (Å²) in [5.74, 6) is 0.840. The molecule has 0 aromatic rings. The minimum atomic E-state index is -0.305. The molecule has 2 atom stereocenters. The lowest BCUT2D eigenvalue weighted by Gasteiger charge is -2.38. The minimum Gasteiger partial charge on any atom is -0.384 e. The highest BCUT2D eigenvalue weighted by Crippen LogP contribution is 2.34. The van der Waals surface area contributed by atoms with Crippen LogP contribution >= 0.6 is 0 Å². The zero-order chi connectivity index (χ0) is 14.8. The largest absolute Gasteiger partial charge is 0.384 e. The Labute approximate surface area is 122 Å². The van der Waals surface area contributed by atoms with Crippen molar-refractivity contribution < 1.29 is 9.53 Å². The van der Waals surface area contributed by atoms with Crippen LogP contribution in [0, 0.1) is 11.3 Å². The molecule has 2 aliphatic rings. The average Bonchev–Trinajstić information content (AvgIpc) is 2.81. The number of hydrogen-bond acceptors (Lipinski definition) is 4. The molecule has 0 saturated carbocycles. The van der Waals surface area contributed by atoms with Gasteiger partial charge in [0.15, 0.2) is 0 Å². The van der Waals surface area contributed by atoms with E-state index in [4.69, 9.17) is 4.74 Å². The first-order valence-corrected chi connectivity index (χ1v) is 7.65. The van der Waals surface area contributed by atoms with E-state index in [1.165, 1.54) is 0 Å². The fraction of sp³-hybridized carbons (Fsp3) is 0.933. The van der Waals surface area contributed by atoms with Crippen molar-refractivity contribution >= 4 is 5.91 Å². The average molecular weight is 283 g/mol. The molecular formula is C15H29N3O2. The number of carbonyl (C=O) groups is 1. The molecule has 5 heteroatoms. The third-order valence-electron chi connectivity index (χ3n) is 4.96. The number of nitrogens with one attached hydrogen (secondary N) is 1. The summed E-state index contributed by atoms with van der Waals surface area (Å²) in [6.45, 7) is 6.34. The molecule has 0 aliphatic carbocycles. The van der Waals surface area contributed by atoms with E-state index in [9.17, 15) is 4.79 Å². The van der Waals surface area contributed by atoms with Gasteiger partial charge < -0.3 is 19.9 Å². The third-order valence-corrected chi connectivity index (χ3v) is 4.96. The van der Waals surface area contributed by atoms with Crippen molar-refractivity contribution in [2.45, 2.75) is 25.8 Å². The van der Waals surface area contributed by atoms with Crippen LogP contribution in [0.3, 0.4) is 0 Å². The second kappa shape index (κ2) is 6.41. The smallest absolute Gasteiger partial charge is 0.231 e. The summed E-state index contributed by atoms with van der Waals surface area (Å²) in [5.41, 5.74) is -0.305. The molecule has 2 rings (SSSR count). The molecule has 0 spiro atoms. The summed E-state index contributed by atoms with van der Waals surface area (Å²) >= 11 is 0. The summed E-state index contributed by atoms with van der Waals surface area (Å²) < 4.78 is 5.38. The van der Waals surface area contributed by atoms with Crippen molar-refractivity contribution in [1.82, 2.24) is 15.1 Å². The number of likely N-dealkylation sites (N-methyl/N-ethyl adjacent to an activating group) is 1. The second-order valence-electron chi connectivity index (χ2n) is 6.68. The molecule has 2 saturated heterocycles. The number of methoxy groups -OCH3 is 1. The number of rotatable bonds is 4. The van der Waals surface area contributed by atoms with E-state index in [1.807, 2.05) is 0 Å². The highest BCUT2D eigenvalue weighted by atomic mass is 16.5. The van der Waals surface area contributed by atoms with Crippen molar-refractivity contribution in [3.8, 4) is 0 Å². The SMILES string of the molecule is COCC1(C(=O)N2CC(C)C(N(C)C)C2)CCNCC1. The van der Waals surface area contributed by atoms with Gasteiger partial charge in [0.2, 0.25) is 5.91 Å². The predicted molar refractivity (Wildman–Crippen MR) is 79.6 cm³/mol. The fourth-order valence-electron chi connectivity index (χ4n) is 3.72. The first kappa shape index (κ1) is 15.7. The summed E-state index contributed by atoms with van der Waals surface area (Å²) in [6.07, 6.45) is 1.77. The van der Waals surface area contributed by atoms with Crippen molar-refractivity contribution in [1.29, 1.82) is 0 Å². The summed E-state index contributed by atoms with van der Waals surface area (Å²) in [5, 5.41) is 3.34. The van der Waals surface area contributed by atoms with Crippen LogP contribution in [0.4, 0.5) is 0 Å². The van der Waals surface area contributed by atoms with Crippen LogP contribution in [0.25, 0.3) is 0 Å². The summed E-state index contributed by atoms with van der Waals surface area (Å²) in [4.78, 5) is 17.3. The summed E-state index contributed by atoms with van der Waals surface area (Å²) in [7, 11) is 5.90. The van der Waals surface area contributed by atoms with Gasteiger partial charge in [-0.15, -0.1) is 0 Å². The lowest BCUT2D eigenvalue weighted by molar-refractivity contribution is -0.146. The molecular weight excluding hydrogens is 254 g/mol. The monoisotopic (exact) mass is 283 g/mol. The molecule has 20 heavy (non-hydrogen) atoms. The molecule has 0 aromatic heterocycles. The van der Waals surface area contributed by atoms with E-state index in [0.717, 1.165) is 39.0 Å². The van der Waals surface area contributed by atoms with Gasteiger partial charge in [0, 0.05) is 26.2 Å². The number of ether oxygens (including phenoxy) is 1. The molecule has 2 fully saturated rings. The highest BCUT2D eigenvalue weighted by Gasteiger charge is 2.45. The molecule has 5 nitrogen and oxygen atoms in total. The van der Waals surface area contributed by atoms with Gasteiger partial charge in [-0.1, -0.05) is 6.92 Å². The van der Waals surface area contributed by atoms with Gasteiger partial charge >= 0.3 is 0 Å². The second-order valence-corrected chi connectivity index (χ2v) is 6.68. The Kier molecular flexibility index (Phi) is 5.04. The number of hydrogen-bond donors (Lipinski definition) is 1. The Balaban J connectivity index is 2.09. The van der Waals surface area contributed by atoms with E-state index < -0.39 is 0 Å². The van der Waals surface area contributed by atoms with Crippen LogP contribution in [0.15, 0.2) is 0 Å². The first-order chi connectivity index (χ1) is 9.50. The number of amides is 1.